The van der Waals surface area contributed by atoms with Crippen LogP contribution in [-0.2, 0) is 13.0 Å². The summed E-state index contributed by atoms with van der Waals surface area (Å²) < 4.78 is 5.76. The van der Waals surface area contributed by atoms with E-state index in [4.69, 9.17) is 4.74 Å². The van der Waals surface area contributed by atoms with Gasteiger partial charge in [-0.05, 0) is 55.7 Å². The Labute approximate surface area is 157 Å². The molecule has 0 aliphatic carbocycles. The fourth-order valence-electron chi connectivity index (χ4n) is 3.21. The van der Waals surface area contributed by atoms with Crippen LogP contribution in [-0.4, -0.2) is 17.4 Å². The lowest BCUT2D eigenvalue weighted by Crippen LogP contribution is -2.35. The second-order valence-corrected chi connectivity index (χ2v) is 7.33. The molecule has 26 heavy (non-hydrogen) atoms. The average Bonchev–Trinajstić information content (AvgIpc) is 3.11. The highest BCUT2D eigenvalue weighted by Crippen LogP contribution is 2.28. The zero-order valence-electron chi connectivity index (χ0n) is 14.6. The summed E-state index contributed by atoms with van der Waals surface area (Å²) in [6, 6.07) is 15.5. The molecule has 3 aromatic rings. The lowest BCUT2D eigenvalue weighted by Gasteiger charge is -2.29. The zero-order chi connectivity index (χ0) is 17.9. The molecule has 0 atom stereocenters. The Kier molecular flexibility index (Phi) is 4.71. The zero-order valence-corrected chi connectivity index (χ0v) is 15.5. The highest BCUT2D eigenvalue weighted by molar-refractivity contribution is 7.09. The number of amides is 1. The summed E-state index contributed by atoms with van der Waals surface area (Å²) in [7, 11) is 0. The number of nitrogens with zero attached hydrogens (tertiary/aromatic N) is 2. The molecular formula is C21H20N2O2S. The molecular weight excluding hydrogens is 344 g/mol. The number of benzene rings is 2. The molecule has 0 N–H and O–H groups in total. The van der Waals surface area contributed by atoms with Crippen LogP contribution in [0, 0.1) is 6.92 Å². The highest BCUT2D eigenvalue weighted by atomic mass is 32.1. The van der Waals surface area contributed by atoms with E-state index in [0.29, 0.717) is 12.2 Å². The summed E-state index contributed by atoms with van der Waals surface area (Å²) in [6.07, 6.45) is 2.03. The Morgan fingerprint density at radius 1 is 1.19 bits per heavy atom. The van der Waals surface area contributed by atoms with Gasteiger partial charge in [-0.25, -0.2) is 4.98 Å². The number of thiazole rings is 1. The maximum atomic E-state index is 12.9. The van der Waals surface area contributed by atoms with Gasteiger partial charge >= 0.3 is 0 Å². The standard InChI is InChI=1S/C21H20N2O2S/c1-15-14-26-20(22-15)13-25-18-10-8-17(9-11-18)21(24)23-12-4-6-16-5-2-3-7-19(16)23/h2-3,5,7-11,14H,4,6,12-13H2,1H3. The summed E-state index contributed by atoms with van der Waals surface area (Å²) in [4.78, 5) is 19.2. The van der Waals surface area contributed by atoms with Crippen molar-refractivity contribution in [2.75, 3.05) is 11.4 Å². The lowest BCUT2D eigenvalue weighted by atomic mass is 10.0. The minimum absolute atomic E-state index is 0.0410. The van der Waals surface area contributed by atoms with Crippen molar-refractivity contribution in [2.45, 2.75) is 26.4 Å². The number of para-hydroxylation sites is 1. The van der Waals surface area contributed by atoms with Crippen LogP contribution in [0.1, 0.15) is 33.0 Å². The van der Waals surface area contributed by atoms with Gasteiger partial charge in [0.1, 0.15) is 17.4 Å². The Morgan fingerprint density at radius 2 is 2.00 bits per heavy atom. The molecule has 5 heteroatoms. The fourth-order valence-corrected chi connectivity index (χ4v) is 3.89. The molecule has 0 saturated heterocycles. The van der Waals surface area contributed by atoms with Gasteiger partial charge in [-0.2, -0.15) is 0 Å². The lowest BCUT2D eigenvalue weighted by molar-refractivity contribution is 0.0985. The summed E-state index contributed by atoms with van der Waals surface area (Å²) in [6.45, 7) is 3.18. The average molecular weight is 364 g/mol. The molecule has 2 aromatic carbocycles. The molecule has 0 fully saturated rings. The Morgan fingerprint density at radius 3 is 2.77 bits per heavy atom. The highest BCUT2D eigenvalue weighted by Gasteiger charge is 2.23. The number of aromatic nitrogens is 1. The first-order valence-electron chi connectivity index (χ1n) is 8.74. The van der Waals surface area contributed by atoms with Crippen molar-refractivity contribution in [1.29, 1.82) is 0 Å². The number of hydrogen-bond donors (Lipinski definition) is 0. The Hall–Kier alpha value is -2.66. The van der Waals surface area contributed by atoms with Crippen molar-refractivity contribution in [3.8, 4) is 5.75 Å². The second-order valence-electron chi connectivity index (χ2n) is 6.38. The van der Waals surface area contributed by atoms with Crippen molar-refractivity contribution in [2.24, 2.45) is 0 Å². The normalized spacial score (nSPS) is 13.3. The third-order valence-corrected chi connectivity index (χ3v) is 5.43. The van der Waals surface area contributed by atoms with Crippen molar-refractivity contribution in [3.05, 3.63) is 75.7 Å². The largest absolute Gasteiger partial charge is 0.486 e. The summed E-state index contributed by atoms with van der Waals surface area (Å²) >= 11 is 1.59. The quantitative estimate of drug-likeness (QED) is 0.678. The first kappa shape index (κ1) is 16.8. The summed E-state index contributed by atoms with van der Waals surface area (Å²) in [5.74, 6) is 0.785. The second kappa shape index (κ2) is 7.30. The number of ether oxygens (including phenoxy) is 1. The first-order chi connectivity index (χ1) is 12.7. The summed E-state index contributed by atoms with van der Waals surface area (Å²) in [5, 5.41) is 2.96. The first-order valence-corrected chi connectivity index (χ1v) is 9.62. The van der Waals surface area contributed by atoms with Gasteiger partial charge < -0.3 is 9.64 Å². The van der Waals surface area contributed by atoms with Crippen LogP contribution in [0.3, 0.4) is 0 Å². The van der Waals surface area contributed by atoms with E-state index in [1.807, 2.05) is 59.7 Å². The van der Waals surface area contributed by atoms with E-state index in [0.717, 1.165) is 41.5 Å². The summed E-state index contributed by atoms with van der Waals surface area (Å²) in [5.41, 5.74) is 3.96. The predicted molar refractivity (Wildman–Crippen MR) is 104 cm³/mol. The third-order valence-electron chi connectivity index (χ3n) is 4.49. The predicted octanol–water partition coefficient (Wildman–Crippen LogP) is 4.62. The van der Waals surface area contributed by atoms with E-state index in [2.05, 4.69) is 11.1 Å². The van der Waals surface area contributed by atoms with E-state index in [1.165, 1.54) is 5.56 Å². The number of hydrogen-bond acceptors (Lipinski definition) is 4. The van der Waals surface area contributed by atoms with Gasteiger partial charge in [0.15, 0.2) is 0 Å². The topological polar surface area (TPSA) is 42.4 Å². The maximum absolute atomic E-state index is 12.9. The van der Waals surface area contributed by atoms with Crippen molar-refractivity contribution in [3.63, 3.8) is 0 Å². The van der Waals surface area contributed by atoms with E-state index >= 15 is 0 Å². The molecule has 1 amide bonds. The van der Waals surface area contributed by atoms with Crippen LogP contribution in [0.15, 0.2) is 53.9 Å². The Bertz CT molecular complexity index is 918. The minimum atomic E-state index is 0.0410. The molecule has 132 valence electrons. The SMILES string of the molecule is Cc1csc(COc2ccc(C(=O)N3CCCc4ccccc43)cc2)n1. The van der Waals surface area contributed by atoms with Crippen LogP contribution >= 0.6 is 11.3 Å². The minimum Gasteiger partial charge on any atom is -0.486 e. The number of carbonyl (C=O) groups is 1. The van der Waals surface area contributed by atoms with Crippen LogP contribution in [0.2, 0.25) is 0 Å². The van der Waals surface area contributed by atoms with Gasteiger partial charge in [0.05, 0.1) is 0 Å². The van der Waals surface area contributed by atoms with E-state index < -0.39 is 0 Å². The number of aryl methyl sites for hydroxylation is 2. The molecule has 0 saturated carbocycles. The number of carbonyl (C=O) groups excluding carboxylic acids is 1. The fraction of sp³-hybridized carbons (Fsp3) is 0.238. The van der Waals surface area contributed by atoms with E-state index in [9.17, 15) is 4.79 Å². The molecule has 1 aliphatic rings. The van der Waals surface area contributed by atoms with Crippen molar-refractivity contribution >= 4 is 22.9 Å². The van der Waals surface area contributed by atoms with Crippen LogP contribution < -0.4 is 9.64 Å². The van der Waals surface area contributed by atoms with E-state index in [-0.39, 0.29) is 5.91 Å². The molecule has 2 heterocycles. The van der Waals surface area contributed by atoms with Gasteiger partial charge in [0.2, 0.25) is 0 Å². The van der Waals surface area contributed by atoms with Gasteiger partial charge in [0, 0.05) is 28.9 Å². The van der Waals surface area contributed by atoms with Crippen molar-refractivity contribution in [1.82, 2.24) is 4.98 Å². The molecule has 4 rings (SSSR count). The van der Waals surface area contributed by atoms with Crippen LogP contribution in [0.5, 0.6) is 5.75 Å². The Balaban J connectivity index is 1.46. The van der Waals surface area contributed by atoms with Gasteiger partial charge in [-0.3, -0.25) is 4.79 Å². The monoisotopic (exact) mass is 364 g/mol. The van der Waals surface area contributed by atoms with Crippen molar-refractivity contribution < 1.29 is 9.53 Å². The van der Waals surface area contributed by atoms with Gasteiger partial charge in [-0.1, -0.05) is 18.2 Å². The molecule has 4 nitrogen and oxygen atoms in total. The molecule has 1 aliphatic heterocycles. The maximum Gasteiger partial charge on any atom is 0.258 e. The number of rotatable bonds is 4. The molecule has 0 bridgehead atoms. The van der Waals surface area contributed by atoms with Gasteiger partial charge in [0.25, 0.3) is 5.91 Å². The number of fused-ring (bicyclic) bond motifs is 1. The van der Waals surface area contributed by atoms with E-state index in [1.54, 1.807) is 11.3 Å². The molecule has 0 spiro atoms. The molecule has 1 aromatic heterocycles. The molecule has 0 radical (unpaired) electrons. The van der Waals surface area contributed by atoms with Crippen LogP contribution in [0.4, 0.5) is 5.69 Å². The third kappa shape index (κ3) is 3.48. The van der Waals surface area contributed by atoms with Crippen LogP contribution in [0.25, 0.3) is 0 Å². The number of anilines is 1. The molecule has 0 unspecified atom stereocenters. The van der Waals surface area contributed by atoms with Gasteiger partial charge in [-0.15, -0.1) is 11.3 Å². The smallest absolute Gasteiger partial charge is 0.258 e.